The van der Waals surface area contributed by atoms with E-state index in [2.05, 4.69) is 11.9 Å². The highest BCUT2D eigenvalue weighted by Gasteiger charge is 2.26. The zero-order valence-electron chi connectivity index (χ0n) is 16.7. The second-order valence-electron chi connectivity index (χ2n) is 6.74. The highest BCUT2D eigenvalue weighted by molar-refractivity contribution is 7.92. The first-order chi connectivity index (χ1) is 14.7. The van der Waals surface area contributed by atoms with Crippen molar-refractivity contribution in [1.29, 1.82) is 0 Å². The van der Waals surface area contributed by atoms with Gasteiger partial charge in [-0.25, -0.2) is 12.8 Å². The van der Waals surface area contributed by atoms with Crippen LogP contribution in [0.25, 0.3) is 0 Å². The lowest BCUT2D eigenvalue weighted by Gasteiger charge is -2.24. The third-order valence-corrected chi connectivity index (χ3v) is 6.57. The first-order valence-electron chi connectivity index (χ1n) is 9.30. The maximum Gasteiger partial charge on any atom is 0.264 e. The third-order valence-electron chi connectivity index (χ3n) is 4.47. The number of anilines is 2. The molecular weight excluding hydrogens is 439 g/mol. The van der Waals surface area contributed by atoms with Crippen LogP contribution in [0.15, 0.2) is 84.3 Å². The molecule has 0 heterocycles. The summed E-state index contributed by atoms with van der Waals surface area (Å²) >= 11 is 6.21. The number of amides is 1. The minimum absolute atomic E-state index is 0.00760. The van der Waals surface area contributed by atoms with Gasteiger partial charge in [0.15, 0.2) is 0 Å². The molecule has 0 saturated carbocycles. The lowest BCUT2D eigenvalue weighted by atomic mass is 10.2. The van der Waals surface area contributed by atoms with Gasteiger partial charge < -0.3 is 5.32 Å². The first kappa shape index (κ1) is 22.5. The van der Waals surface area contributed by atoms with Crippen LogP contribution in [0, 0.1) is 12.7 Å². The van der Waals surface area contributed by atoms with Gasteiger partial charge in [0, 0.05) is 5.56 Å². The normalized spacial score (nSPS) is 11.1. The molecule has 0 aliphatic heterocycles. The van der Waals surface area contributed by atoms with Gasteiger partial charge in [0.1, 0.15) is 5.82 Å². The number of rotatable bonds is 7. The lowest BCUT2D eigenvalue weighted by molar-refractivity contribution is 0.102. The van der Waals surface area contributed by atoms with Crippen molar-refractivity contribution in [2.24, 2.45) is 0 Å². The second-order valence-corrected chi connectivity index (χ2v) is 9.01. The summed E-state index contributed by atoms with van der Waals surface area (Å²) in [5, 5.41) is 2.73. The van der Waals surface area contributed by atoms with Gasteiger partial charge in [-0.2, -0.15) is 0 Å². The third kappa shape index (κ3) is 4.95. The monoisotopic (exact) mass is 458 g/mol. The van der Waals surface area contributed by atoms with E-state index in [1.54, 1.807) is 37.3 Å². The number of sulfonamides is 1. The molecule has 3 rings (SSSR count). The molecule has 1 N–H and O–H groups in total. The van der Waals surface area contributed by atoms with Crippen molar-refractivity contribution >= 4 is 38.9 Å². The Morgan fingerprint density at radius 1 is 1.13 bits per heavy atom. The Balaban J connectivity index is 1.96. The molecule has 0 saturated heterocycles. The standard InChI is InChI=1S/C23H20ClFN2O3S/c1-3-13-27(22-10-5-4-9-19(22)24)31(29,30)18-8-6-7-17(15-18)23(28)26-21-12-11-16(2)14-20(21)25/h3-12,14-15H,1,13H2,2H3,(H,26,28). The zero-order chi connectivity index (χ0) is 22.6. The van der Waals surface area contributed by atoms with E-state index in [-0.39, 0.29) is 27.7 Å². The maximum absolute atomic E-state index is 14.1. The van der Waals surface area contributed by atoms with E-state index in [0.717, 1.165) is 4.31 Å². The molecule has 0 atom stereocenters. The van der Waals surface area contributed by atoms with E-state index < -0.39 is 21.7 Å². The fraction of sp³-hybridized carbons (Fsp3) is 0.0870. The van der Waals surface area contributed by atoms with Gasteiger partial charge in [0.2, 0.25) is 0 Å². The van der Waals surface area contributed by atoms with Gasteiger partial charge in [-0.15, -0.1) is 6.58 Å². The SMILES string of the molecule is C=CCN(c1ccccc1Cl)S(=O)(=O)c1cccc(C(=O)Nc2ccc(C)cc2F)c1. The molecule has 5 nitrogen and oxygen atoms in total. The Kier molecular flexibility index (Phi) is 6.77. The van der Waals surface area contributed by atoms with E-state index >= 15 is 0 Å². The lowest BCUT2D eigenvalue weighted by Crippen LogP contribution is -2.31. The number of nitrogens with one attached hydrogen (secondary N) is 1. The quantitative estimate of drug-likeness (QED) is 0.480. The molecular formula is C23H20ClFN2O3S. The van der Waals surface area contributed by atoms with Gasteiger partial charge in [-0.1, -0.05) is 41.9 Å². The van der Waals surface area contributed by atoms with Crippen molar-refractivity contribution in [3.63, 3.8) is 0 Å². The second kappa shape index (κ2) is 9.32. The highest BCUT2D eigenvalue weighted by atomic mass is 35.5. The summed E-state index contributed by atoms with van der Waals surface area (Å²) in [4.78, 5) is 12.5. The molecule has 3 aromatic rings. The summed E-state index contributed by atoms with van der Waals surface area (Å²) in [6.07, 6.45) is 1.44. The number of nitrogens with zero attached hydrogens (tertiary/aromatic N) is 1. The molecule has 0 spiro atoms. The average molecular weight is 459 g/mol. The Hall–Kier alpha value is -3.16. The topological polar surface area (TPSA) is 66.5 Å². The molecule has 0 radical (unpaired) electrons. The van der Waals surface area contributed by atoms with Gasteiger partial charge in [-0.05, 0) is 55.0 Å². The minimum Gasteiger partial charge on any atom is -0.319 e. The van der Waals surface area contributed by atoms with Crippen LogP contribution in [0.1, 0.15) is 15.9 Å². The Labute approximate surface area is 185 Å². The molecule has 8 heteroatoms. The molecule has 31 heavy (non-hydrogen) atoms. The summed E-state index contributed by atoms with van der Waals surface area (Å²) in [5.74, 6) is -1.21. The number of para-hydroxylation sites is 1. The molecule has 3 aromatic carbocycles. The largest absolute Gasteiger partial charge is 0.319 e. The van der Waals surface area contributed by atoms with Crippen LogP contribution < -0.4 is 9.62 Å². The number of halogens is 2. The Morgan fingerprint density at radius 3 is 2.55 bits per heavy atom. The Morgan fingerprint density at radius 2 is 1.87 bits per heavy atom. The van der Waals surface area contributed by atoms with E-state index in [1.165, 1.54) is 42.5 Å². The molecule has 0 aliphatic carbocycles. The number of benzene rings is 3. The van der Waals surface area contributed by atoms with Gasteiger partial charge in [0.25, 0.3) is 15.9 Å². The predicted molar refractivity (Wildman–Crippen MR) is 122 cm³/mol. The summed E-state index contributed by atoms with van der Waals surface area (Å²) in [6.45, 7) is 5.34. The van der Waals surface area contributed by atoms with Gasteiger partial charge in [0.05, 0.1) is 27.8 Å². The first-order valence-corrected chi connectivity index (χ1v) is 11.1. The summed E-state index contributed by atoms with van der Waals surface area (Å²) in [5.41, 5.74) is 1.08. The van der Waals surface area contributed by atoms with Crippen LogP contribution >= 0.6 is 11.6 Å². The number of hydrogen-bond acceptors (Lipinski definition) is 3. The summed E-state index contributed by atoms with van der Waals surface area (Å²) in [7, 11) is -4.06. The predicted octanol–water partition coefficient (Wildman–Crippen LogP) is 5.42. The maximum atomic E-state index is 14.1. The van der Waals surface area contributed by atoms with E-state index in [4.69, 9.17) is 11.6 Å². The smallest absolute Gasteiger partial charge is 0.264 e. The van der Waals surface area contributed by atoms with Crippen molar-refractivity contribution in [3.05, 3.63) is 101 Å². The minimum atomic E-state index is -4.06. The number of carbonyl (C=O) groups is 1. The fourth-order valence-electron chi connectivity index (χ4n) is 2.94. The molecule has 0 bridgehead atoms. The zero-order valence-corrected chi connectivity index (χ0v) is 18.3. The van der Waals surface area contributed by atoms with Crippen molar-refractivity contribution in [2.45, 2.75) is 11.8 Å². The van der Waals surface area contributed by atoms with Crippen molar-refractivity contribution < 1.29 is 17.6 Å². The van der Waals surface area contributed by atoms with E-state index in [0.29, 0.717) is 11.3 Å². The Bertz CT molecular complexity index is 1250. The van der Waals surface area contributed by atoms with E-state index in [1.807, 2.05) is 0 Å². The van der Waals surface area contributed by atoms with Crippen LogP contribution in [0.3, 0.4) is 0 Å². The molecule has 0 unspecified atom stereocenters. The van der Waals surface area contributed by atoms with Crippen LogP contribution in [0.5, 0.6) is 0 Å². The molecule has 0 aromatic heterocycles. The van der Waals surface area contributed by atoms with E-state index in [9.17, 15) is 17.6 Å². The van der Waals surface area contributed by atoms with Gasteiger partial charge >= 0.3 is 0 Å². The highest BCUT2D eigenvalue weighted by Crippen LogP contribution is 2.30. The number of carbonyl (C=O) groups excluding carboxylic acids is 1. The molecule has 1 amide bonds. The average Bonchev–Trinajstić information content (AvgIpc) is 2.74. The number of aryl methyl sites for hydroxylation is 1. The van der Waals surface area contributed by atoms with Crippen molar-refractivity contribution in [3.8, 4) is 0 Å². The molecule has 0 fully saturated rings. The number of hydrogen-bond donors (Lipinski definition) is 1. The summed E-state index contributed by atoms with van der Waals surface area (Å²) < 4.78 is 41.8. The van der Waals surface area contributed by atoms with Crippen LogP contribution in [0.4, 0.5) is 15.8 Å². The summed E-state index contributed by atoms with van der Waals surface area (Å²) in [6, 6.07) is 16.5. The van der Waals surface area contributed by atoms with Crippen molar-refractivity contribution in [1.82, 2.24) is 0 Å². The van der Waals surface area contributed by atoms with Gasteiger partial charge in [-0.3, -0.25) is 9.10 Å². The van der Waals surface area contributed by atoms with Crippen LogP contribution in [-0.2, 0) is 10.0 Å². The van der Waals surface area contributed by atoms with Crippen molar-refractivity contribution in [2.75, 3.05) is 16.2 Å². The van der Waals surface area contributed by atoms with Crippen LogP contribution in [-0.4, -0.2) is 20.9 Å². The fourth-order valence-corrected chi connectivity index (χ4v) is 4.73. The van der Waals surface area contributed by atoms with Crippen LogP contribution in [0.2, 0.25) is 5.02 Å². The molecule has 160 valence electrons. The molecule has 0 aliphatic rings.